The molecule has 0 aliphatic carbocycles. The molecule has 1 aliphatic heterocycles. The second-order valence-corrected chi connectivity index (χ2v) is 11.8. The summed E-state index contributed by atoms with van der Waals surface area (Å²) in [5, 5.41) is 17.8. The van der Waals surface area contributed by atoms with Crippen molar-refractivity contribution >= 4 is 23.5 Å². The van der Waals surface area contributed by atoms with Crippen LogP contribution in [0.3, 0.4) is 0 Å². The molecule has 228 valence electrons. The molecule has 3 aromatic rings. The number of hydrogen-bond donors (Lipinski definition) is 4. The first-order valence-corrected chi connectivity index (χ1v) is 14.5. The number of carbonyl (C=O) groups is 3. The van der Waals surface area contributed by atoms with Gasteiger partial charge < -0.3 is 26.0 Å². The third-order valence-electron chi connectivity index (χ3n) is 7.09. The topological polar surface area (TPSA) is 114 Å². The predicted octanol–water partition coefficient (Wildman–Crippen LogP) is 4.04. The lowest BCUT2D eigenvalue weighted by Crippen LogP contribution is -2.48. The number of urea groups is 1. The molecule has 0 unspecified atom stereocenters. The van der Waals surface area contributed by atoms with Gasteiger partial charge in [-0.25, -0.2) is 9.18 Å². The van der Waals surface area contributed by atoms with E-state index in [0.29, 0.717) is 44.7 Å². The Bertz CT molecular complexity index is 1420. The zero-order chi connectivity index (χ0) is 31.0. The Morgan fingerprint density at radius 2 is 1.58 bits per heavy atom. The summed E-state index contributed by atoms with van der Waals surface area (Å²) >= 11 is 0. The van der Waals surface area contributed by atoms with Crippen LogP contribution in [-0.4, -0.2) is 77.1 Å². The molecule has 1 heterocycles. The van der Waals surface area contributed by atoms with Crippen LogP contribution in [0.1, 0.15) is 52.6 Å². The number of piperazine rings is 1. The summed E-state index contributed by atoms with van der Waals surface area (Å²) in [5.41, 5.74) is 2.39. The molecule has 43 heavy (non-hydrogen) atoms. The summed E-state index contributed by atoms with van der Waals surface area (Å²) in [7, 11) is 0. The molecule has 1 saturated heterocycles. The number of benzene rings is 3. The molecule has 3 aromatic carbocycles. The first-order chi connectivity index (χ1) is 20.5. The zero-order valence-electron chi connectivity index (χ0n) is 24.9. The number of anilines is 1. The highest BCUT2D eigenvalue weighted by molar-refractivity contribution is 5.96. The van der Waals surface area contributed by atoms with Crippen molar-refractivity contribution in [2.75, 3.05) is 38.1 Å². The van der Waals surface area contributed by atoms with Crippen LogP contribution in [0.25, 0.3) is 0 Å². The van der Waals surface area contributed by atoms with E-state index in [2.05, 4.69) is 20.9 Å². The highest BCUT2D eigenvalue weighted by Crippen LogP contribution is 2.19. The van der Waals surface area contributed by atoms with Gasteiger partial charge in [0.05, 0.1) is 18.3 Å². The molecule has 0 radical (unpaired) electrons. The van der Waals surface area contributed by atoms with Gasteiger partial charge in [-0.3, -0.25) is 14.5 Å². The van der Waals surface area contributed by atoms with E-state index < -0.39 is 17.9 Å². The maximum absolute atomic E-state index is 14.9. The van der Waals surface area contributed by atoms with Crippen molar-refractivity contribution < 1.29 is 23.9 Å². The van der Waals surface area contributed by atoms with Crippen molar-refractivity contribution in [1.29, 1.82) is 0 Å². The van der Waals surface area contributed by atoms with Crippen molar-refractivity contribution in [2.24, 2.45) is 0 Å². The van der Waals surface area contributed by atoms with Crippen molar-refractivity contribution in [3.8, 4) is 0 Å². The monoisotopic (exact) mass is 589 g/mol. The molecular weight excluding hydrogens is 549 g/mol. The van der Waals surface area contributed by atoms with E-state index in [4.69, 9.17) is 0 Å². The Balaban J connectivity index is 1.27. The number of halogens is 1. The molecule has 4 N–H and O–H groups in total. The van der Waals surface area contributed by atoms with Crippen LogP contribution in [0, 0.1) is 5.82 Å². The Morgan fingerprint density at radius 1 is 0.884 bits per heavy atom. The molecule has 4 amide bonds. The van der Waals surface area contributed by atoms with Crippen molar-refractivity contribution in [2.45, 2.75) is 45.3 Å². The standard InChI is InChI=1S/C33H40FN5O4/c1-33(2,3)37-30(41)25-11-7-10-24(18-25)21-38-14-16-39(17-15-38)31(42)26-12-13-29(28(34)20-26)36-32(43)35-27(22-40)19-23-8-5-4-6-9-23/h4-13,18,20,27,40H,14-17,19,21-22H2,1-3H3,(H,37,41)(H2,35,36,43)/t27-/m1/s1. The normalized spacial score (nSPS) is 14.6. The fraction of sp³-hybridized carbons (Fsp3) is 0.364. The second kappa shape index (κ2) is 14.3. The lowest BCUT2D eigenvalue weighted by Gasteiger charge is -2.35. The van der Waals surface area contributed by atoms with Gasteiger partial charge in [0.25, 0.3) is 11.8 Å². The van der Waals surface area contributed by atoms with Crippen LogP contribution in [0.4, 0.5) is 14.9 Å². The number of hydrogen-bond acceptors (Lipinski definition) is 5. The lowest BCUT2D eigenvalue weighted by atomic mass is 10.1. The summed E-state index contributed by atoms with van der Waals surface area (Å²) in [6, 6.07) is 19.8. The van der Waals surface area contributed by atoms with Gasteiger partial charge in [-0.1, -0.05) is 42.5 Å². The Morgan fingerprint density at radius 3 is 2.23 bits per heavy atom. The van der Waals surface area contributed by atoms with E-state index in [0.717, 1.165) is 17.2 Å². The quantitative estimate of drug-likeness (QED) is 0.301. The van der Waals surface area contributed by atoms with Crippen LogP contribution >= 0.6 is 0 Å². The van der Waals surface area contributed by atoms with Gasteiger partial charge in [0.2, 0.25) is 0 Å². The van der Waals surface area contributed by atoms with Crippen LogP contribution in [-0.2, 0) is 13.0 Å². The van der Waals surface area contributed by atoms with Crippen molar-refractivity contribution in [3.05, 3.63) is 101 Å². The molecule has 1 aliphatic rings. The van der Waals surface area contributed by atoms with Crippen LogP contribution < -0.4 is 16.0 Å². The SMILES string of the molecule is CC(C)(C)NC(=O)c1cccc(CN2CCN(C(=O)c3ccc(NC(=O)N[C@@H](CO)Cc4ccccc4)c(F)c3)CC2)c1. The number of amides is 4. The minimum Gasteiger partial charge on any atom is -0.394 e. The average Bonchev–Trinajstić information content (AvgIpc) is 2.97. The number of aliphatic hydroxyl groups excluding tert-OH is 1. The second-order valence-electron chi connectivity index (χ2n) is 11.8. The van der Waals surface area contributed by atoms with Gasteiger partial charge in [0, 0.05) is 49.4 Å². The van der Waals surface area contributed by atoms with E-state index in [1.807, 2.05) is 69.3 Å². The van der Waals surface area contributed by atoms with Gasteiger partial charge in [-0.05, 0) is 68.7 Å². The van der Waals surface area contributed by atoms with Crippen molar-refractivity contribution in [1.82, 2.24) is 20.4 Å². The summed E-state index contributed by atoms with van der Waals surface area (Å²) in [5.74, 6) is -1.12. The van der Waals surface area contributed by atoms with Gasteiger partial charge in [0.1, 0.15) is 5.82 Å². The summed E-state index contributed by atoms with van der Waals surface area (Å²) < 4.78 is 14.9. The number of aliphatic hydroxyl groups is 1. The molecule has 0 saturated carbocycles. The molecular formula is C33H40FN5O4. The van der Waals surface area contributed by atoms with Crippen molar-refractivity contribution in [3.63, 3.8) is 0 Å². The van der Waals surface area contributed by atoms with E-state index >= 15 is 0 Å². The summed E-state index contributed by atoms with van der Waals surface area (Å²) in [6.45, 7) is 8.45. The maximum atomic E-state index is 14.9. The number of carbonyl (C=O) groups excluding carboxylic acids is 3. The van der Waals surface area contributed by atoms with Gasteiger partial charge in [-0.2, -0.15) is 0 Å². The molecule has 4 rings (SSSR count). The fourth-order valence-corrected chi connectivity index (χ4v) is 4.93. The maximum Gasteiger partial charge on any atom is 0.319 e. The molecule has 0 aromatic heterocycles. The summed E-state index contributed by atoms with van der Waals surface area (Å²) in [4.78, 5) is 42.0. The Hall–Kier alpha value is -4.28. The first-order valence-electron chi connectivity index (χ1n) is 14.5. The van der Waals surface area contributed by atoms with Crippen LogP contribution in [0.2, 0.25) is 0 Å². The Kier molecular flexibility index (Phi) is 10.5. The molecule has 1 fully saturated rings. The van der Waals surface area contributed by atoms with E-state index in [9.17, 15) is 23.9 Å². The molecule has 1 atom stereocenters. The zero-order valence-corrected chi connectivity index (χ0v) is 24.9. The van der Waals surface area contributed by atoms with E-state index in [1.54, 1.807) is 11.0 Å². The Labute approximate surface area is 252 Å². The van der Waals surface area contributed by atoms with Crippen LogP contribution in [0.5, 0.6) is 0 Å². The number of nitrogens with one attached hydrogen (secondary N) is 3. The average molecular weight is 590 g/mol. The van der Waals surface area contributed by atoms with Crippen LogP contribution in [0.15, 0.2) is 72.8 Å². The minimum atomic E-state index is -0.723. The highest BCUT2D eigenvalue weighted by atomic mass is 19.1. The smallest absolute Gasteiger partial charge is 0.319 e. The molecule has 0 bridgehead atoms. The van der Waals surface area contributed by atoms with Gasteiger partial charge >= 0.3 is 6.03 Å². The fourth-order valence-electron chi connectivity index (χ4n) is 4.93. The number of nitrogens with zero attached hydrogens (tertiary/aromatic N) is 2. The van der Waals surface area contributed by atoms with E-state index in [-0.39, 0.29) is 35.2 Å². The molecule has 0 spiro atoms. The third kappa shape index (κ3) is 9.36. The van der Waals surface area contributed by atoms with Gasteiger partial charge in [-0.15, -0.1) is 0 Å². The largest absolute Gasteiger partial charge is 0.394 e. The first kappa shape index (κ1) is 31.7. The minimum absolute atomic E-state index is 0.0614. The lowest BCUT2D eigenvalue weighted by molar-refractivity contribution is 0.0627. The number of rotatable bonds is 9. The summed E-state index contributed by atoms with van der Waals surface area (Å²) in [6.07, 6.45) is 0.426. The highest BCUT2D eigenvalue weighted by Gasteiger charge is 2.24. The molecule has 10 heteroatoms. The predicted molar refractivity (Wildman–Crippen MR) is 164 cm³/mol. The third-order valence-corrected chi connectivity index (χ3v) is 7.09. The van der Waals surface area contributed by atoms with Gasteiger partial charge in [0.15, 0.2) is 0 Å². The molecule has 9 nitrogen and oxygen atoms in total. The van der Waals surface area contributed by atoms with E-state index in [1.165, 1.54) is 12.1 Å².